The van der Waals surface area contributed by atoms with E-state index in [1.165, 1.54) is 16.1 Å². The molecule has 7 nitrogen and oxygen atoms in total. The molecule has 1 unspecified atom stereocenters. The molecule has 2 aliphatic rings. The van der Waals surface area contributed by atoms with Crippen molar-refractivity contribution in [1.82, 2.24) is 10.2 Å². The fourth-order valence-electron chi connectivity index (χ4n) is 3.91. The summed E-state index contributed by atoms with van der Waals surface area (Å²) in [6.45, 7) is 5.57. The van der Waals surface area contributed by atoms with Gasteiger partial charge in [0.1, 0.15) is 5.71 Å². The van der Waals surface area contributed by atoms with Crippen molar-refractivity contribution in [3.63, 3.8) is 0 Å². The van der Waals surface area contributed by atoms with E-state index in [9.17, 15) is 9.59 Å². The van der Waals surface area contributed by atoms with Crippen LogP contribution in [-0.2, 0) is 14.3 Å². The Kier molecular flexibility index (Phi) is 6.74. The smallest absolute Gasteiger partial charge is 0.267 e. The molecule has 2 aromatic carbocycles. The molecule has 2 aliphatic heterocycles. The van der Waals surface area contributed by atoms with Crippen molar-refractivity contribution in [3.05, 3.63) is 65.7 Å². The lowest BCUT2D eigenvalue weighted by molar-refractivity contribution is -0.119. The van der Waals surface area contributed by atoms with E-state index in [0.29, 0.717) is 37.6 Å². The maximum Gasteiger partial charge on any atom is 0.267 e. The highest BCUT2D eigenvalue weighted by atomic mass is 16.5. The Hall–Kier alpha value is -3.03. The van der Waals surface area contributed by atoms with Crippen molar-refractivity contribution in [2.75, 3.05) is 37.9 Å². The summed E-state index contributed by atoms with van der Waals surface area (Å²) in [6, 6.07) is 17.7. The van der Waals surface area contributed by atoms with Gasteiger partial charge in [-0.3, -0.25) is 14.5 Å². The molecule has 0 spiro atoms. The number of para-hydroxylation sites is 1. The summed E-state index contributed by atoms with van der Waals surface area (Å²) in [5.41, 5.74) is 3.42. The fourth-order valence-corrected chi connectivity index (χ4v) is 3.91. The Morgan fingerprint density at radius 3 is 2.48 bits per heavy atom. The van der Waals surface area contributed by atoms with Gasteiger partial charge in [-0.05, 0) is 24.6 Å². The number of amides is 2. The number of nitrogens with one attached hydrogen (secondary N) is 1. The Morgan fingerprint density at radius 1 is 1.06 bits per heavy atom. The van der Waals surface area contributed by atoms with E-state index in [0.717, 1.165) is 13.1 Å². The molecule has 4 rings (SSSR count). The number of carbonyl (C=O) groups excluding carboxylic acids is 2. The fraction of sp³-hybridized carbons (Fsp3) is 0.375. The van der Waals surface area contributed by atoms with Gasteiger partial charge < -0.3 is 10.1 Å². The van der Waals surface area contributed by atoms with Crippen LogP contribution in [0.15, 0.2) is 59.7 Å². The highest BCUT2D eigenvalue weighted by Crippen LogP contribution is 2.23. The van der Waals surface area contributed by atoms with E-state index >= 15 is 0 Å². The molecule has 0 aromatic heterocycles. The van der Waals surface area contributed by atoms with Crippen LogP contribution in [0.25, 0.3) is 0 Å². The van der Waals surface area contributed by atoms with Crippen LogP contribution in [0.5, 0.6) is 0 Å². The molecule has 0 bridgehead atoms. The van der Waals surface area contributed by atoms with Crippen LogP contribution in [-0.4, -0.2) is 55.3 Å². The third-order valence-electron chi connectivity index (χ3n) is 5.70. The molecule has 162 valence electrons. The lowest BCUT2D eigenvalue weighted by atomic mass is 10.0. The van der Waals surface area contributed by atoms with Gasteiger partial charge in [-0.2, -0.15) is 5.10 Å². The zero-order valence-corrected chi connectivity index (χ0v) is 17.8. The van der Waals surface area contributed by atoms with Crippen LogP contribution in [0.3, 0.4) is 0 Å². The zero-order chi connectivity index (χ0) is 21.6. The molecular weight excluding hydrogens is 392 g/mol. The number of ether oxygens (including phenoxy) is 1. The van der Waals surface area contributed by atoms with Crippen LogP contribution in [0.2, 0.25) is 0 Å². The predicted octanol–water partition coefficient (Wildman–Crippen LogP) is 2.67. The maximum atomic E-state index is 12.9. The van der Waals surface area contributed by atoms with E-state index in [1.807, 2.05) is 30.3 Å². The molecule has 31 heavy (non-hydrogen) atoms. The number of rotatable bonds is 6. The molecule has 1 N–H and O–H groups in total. The van der Waals surface area contributed by atoms with Crippen LogP contribution >= 0.6 is 0 Å². The van der Waals surface area contributed by atoms with Gasteiger partial charge in [0, 0.05) is 32.5 Å². The second-order valence-corrected chi connectivity index (χ2v) is 7.87. The van der Waals surface area contributed by atoms with Crippen LogP contribution in [0.1, 0.15) is 30.0 Å². The summed E-state index contributed by atoms with van der Waals surface area (Å²) >= 11 is 0. The minimum atomic E-state index is -0.223. The Labute approximate surface area is 182 Å². The molecule has 2 amide bonds. The molecule has 1 fully saturated rings. The van der Waals surface area contributed by atoms with Gasteiger partial charge in [0.15, 0.2) is 0 Å². The van der Waals surface area contributed by atoms with Crippen molar-refractivity contribution >= 4 is 23.2 Å². The summed E-state index contributed by atoms with van der Waals surface area (Å²) in [6.07, 6.45) is 0.618. The molecule has 7 heteroatoms. The van der Waals surface area contributed by atoms with Gasteiger partial charge in [-0.25, -0.2) is 5.01 Å². The standard InChI is InChI=1S/C24H28N4O3/c1-18-7-9-19(10-8-18)22(27-13-15-31-16-14-27)17-25-24(30)21-11-12-23(29)28(26-21)20-5-3-2-4-6-20/h2-10,22H,11-17H2,1H3,(H,25,30). The largest absolute Gasteiger partial charge is 0.379 e. The highest BCUT2D eigenvalue weighted by Gasteiger charge is 2.27. The van der Waals surface area contributed by atoms with Crippen molar-refractivity contribution in [2.45, 2.75) is 25.8 Å². The third kappa shape index (κ3) is 5.18. The summed E-state index contributed by atoms with van der Waals surface area (Å²) in [5.74, 6) is -0.326. The molecule has 1 saturated heterocycles. The minimum absolute atomic E-state index is 0.0597. The first kappa shape index (κ1) is 21.2. The third-order valence-corrected chi connectivity index (χ3v) is 5.70. The minimum Gasteiger partial charge on any atom is -0.379 e. The average molecular weight is 421 g/mol. The van der Waals surface area contributed by atoms with E-state index < -0.39 is 0 Å². The number of nitrogens with zero attached hydrogens (tertiary/aromatic N) is 3. The highest BCUT2D eigenvalue weighted by molar-refractivity contribution is 6.40. The summed E-state index contributed by atoms with van der Waals surface area (Å²) in [5, 5.41) is 8.75. The van der Waals surface area contributed by atoms with Crippen molar-refractivity contribution < 1.29 is 14.3 Å². The predicted molar refractivity (Wildman–Crippen MR) is 120 cm³/mol. The first-order chi connectivity index (χ1) is 15.1. The van der Waals surface area contributed by atoms with Gasteiger partial charge in [0.05, 0.1) is 24.9 Å². The second kappa shape index (κ2) is 9.85. The zero-order valence-electron chi connectivity index (χ0n) is 17.8. The molecule has 2 aromatic rings. The van der Waals surface area contributed by atoms with E-state index in [2.05, 4.69) is 46.5 Å². The Balaban J connectivity index is 1.48. The summed E-state index contributed by atoms with van der Waals surface area (Å²) < 4.78 is 5.50. The normalized spacial score (nSPS) is 18.4. The Morgan fingerprint density at radius 2 is 1.77 bits per heavy atom. The van der Waals surface area contributed by atoms with Crippen molar-refractivity contribution in [3.8, 4) is 0 Å². The SMILES string of the molecule is Cc1ccc(C(CNC(=O)C2=NN(c3ccccc3)C(=O)CC2)N2CCOCC2)cc1. The van der Waals surface area contributed by atoms with Gasteiger partial charge in [0.2, 0.25) is 5.91 Å². The number of hydrazone groups is 1. The molecule has 2 heterocycles. The maximum absolute atomic E-state index is 12.9. The van der Waals surface area contributed by atoms with Gasteiger partial charge in [0.25, 0.3) is 5.91 Å². The second-order valence-electron chi connectivity index (χ2n) is 7.87. The van der Waals surface area contributed by atoms with Crippen molar-refractivity contribution in [2.24, 2.45) is 5.10 Å². The van der Waals surface area contributed by atoms with Crippen LogP contribution in [0, 0.1) is 6.92 Å². The first-order valence-corrected chi connectivity index (χ1v) is 10.7. The quantitative estimate of drug-likeness (QED) is 0.780. The number of carbonyl (C=O) groups is 2. The lowest BCUT2D eigenvalue weighted by Gasteiger charge is -2.35. The summed E-state index contributed by atoms with van der Waals surface area (Å²) in [7, 11) is 0. The van der Waals surface area contributed by atoms with E-state index in [4.69, 9.17) is 4.74 Å². The number of anilines is 1. The average Bonchev–Trinajstić information content (AvgIpc) is 2.82. The number of hydrogen-bond acceptors (Lipinski definition) is 5. The molecule has 0 saturated carbocycles. The van der Waals surface area contributed by atoms with Gasteiger partial charge >= 0.3 is 0 Å². The van der Waals surface area contributed by atoms with Crippen molar-refractivity contribution in [1.29, 1.82) is 0 Å². The summed E-state index contributed by atoms with van der Waals surface area (Å²) in [4.78, 5) is 27.6. The Bertz CT molecular complexity index is 937. The van der Waals surface area contributed by atoms with Gasteiger partial charge in [-0.15, -0.1) is 0 Å². The van der Waals surface area contributed by atoms with E-state index in [-0.39, 0.29) is 24.3 Å². The molecular formula is C24H28N4O3. The topological polar surface area (TPSA) is 74.2 Å². The molecule has 1 atom stereocenters. The molecule has 0 radical (unpaired) electrons. The molecule has 0 aliphatic carbocycles. The number of morpholine rings is 1. The van der Waals surface area contributed by atoms with Crippen LogP contribution in [0.4, 0.5) is 5.69 Å². The number of benzene rings is 2. The van der Waals surface area contributed by atoms with E-state index in [1.54, 1.807) is 0 Å². The first-order valence-electron chi connectivity index (χ1n) is 10.7. The van der Waals surface area contributed by atoms with Gasteiger partial charge in [-0.1, -0.05) is 48.0 Å². The number of hydrogen-bond donors (Lipinski definition) is 1. The lowest BCUT2D eigenvalue weighted by Crippen LogP contribution is -2.45. The monoisotopic (exact) mass is 420 g/mol. The number of aryl methyl sites for hydroxylation is 1. The van der Waals surface area contributed by atoms with Crippen LogP contribution < -0.4 is 10.3 Å².